The van der Waals surface area contributed by atoms with E-state index in [2.05, 4.69) is 21.9 Å². The lowest BCUT2D eigenvalue weighted by atomic mass is 10.3. The second kappa shape index (κ2) is 7.56. The Bertz CT molecular complexity index is 521. The highest BCUT2D eigenvalue weighted by Crippen LogP contribution is 2.17. The lowest BCUT2D eigenvalue weighted by molar-refractivity contribution is -0.146. The summed E-state index contributed by atoms with van der Waals surface area (Å²) in [5.74, 6) is 1.19. The van der Waals surface area contributed by atoms with Crippen molar-refractivity contribution in [3.8, 4) is 18.1 Å². The van der Waals surface area contributed by atoms with Gasteiger partial charge in [-0.1, -0.05) is 21.9 Å². The van der Waals surface area contributed by atoms with Crippen molar-refractivity contribution in [1.82, 2.24) is 4.90 Å². The molecular weight excluding hydrogens is 326 g/mol. The number of benzene rings is 1. The maximum Gasteiger partial charge on any atom is 0.323 e. The van der Waals surface area contributed by atoms with E-state index >= 15 is 0 Å². The molecule has 6 heteroatoms. The van der Waals surface area contributed by atoms with Gasteiger partial charge < -0.3 is 14.7 Å². The van der Waals surface area contributed by atoms with E-state index in [0.717, 1.165) is 9.37 Å². The maximum absolute atomic E-state index is 12.1. The fourth-order valence-electron chi connectivity index (χ4n) is 1.51. The molecular formula is C14H14BrNO4. The number of hydrogen-bond donors (Lipinski definition) is 1. The average Bonchev–Trinajstić information content (AvgIpc) is 2.39. The number of ether oxygens (including phenoxy) is 1. The molecule has 0 aliphatic rings. The Morgan fingerprint density at radius 1 is 1.45 bits per heavy atom. The van der Waals surface area contributed by atoms with Crippen LogP contribution in [-0.2, 0) is 9.59 Å². The van der Waals surface area contributed by atoms with Gasteiger partial charge in [-0.05, 0) is 31.2 Å². The van der Waals surface area contributed by atoms with E-state index in [0.29, 0.717) is 5.75 Å². The summed E-state index contributed by atoms with van der Waals surface area (Å²) in [5.41, 5.74) is 0. The molecule has 1 rings (SSSR count). The summed E-state index contributed by atoms with van der Waals surface area (Å²) in [6, 6.07) is 6.97. The topological polar surface area (TPSA) is 66.8 Å². The molecule has 1 aromatic carbocycles. The number of carboxylic acid groups (broad SMARTS) is 1. The SMILES string of the molecule is C#CCN(CC(=O)O)C(=O)C(C)Oc1ccc(Br)cc1. The van der Waals surface area contributed by atoms with Gasteiger partial charge in [0.15, 0.2) is 6.10 Å². The van der Waals surface area contributed by atoms with Crippen molar-refractivity contribution in [1.29, 1.82) is 0 Å². The summed E-state index contributed by atoms with van der Waals surface area (Å²) in [7, 11) is 0. The Morgan fingerprint density at radius 3 is 2.55 bits per heavy atom. The summed E-state index contributed by atoms with van der Waals surface area (Å²) in [5, 5.41) is 8.75. The number of carbonyl (C=O) groups is 2. The van der Waals surface area contributed by atoms with Gasteiger partial charge in [-0.2, -0.15) is 0 Å². The van der Waals surface area contributed by atoms with Crippen LogP contribution >= 0.6 is 15.9 Å². The van der Waals surface area contributed by atoms with Gasteiger partial charge >= 0.3 is 5.97 Å². The van der Waals surface area contributed by atoms with Crippen LogP contribution in [0.4, 0.5) is 0 Å². The molecule has 0 saturated carbocycles. The number of terminal acetylenes is 1. The molecule has 0 aliphatic heterocycles. The van der Waals surface area contributed by atoms with E-state index in [1.165, 1.54) is 0 Å². The number of amides is 1. The van der Waals surface area contributed by atoms with Crippen molar-refractivity contribution in [2.75, 3.05) is 13.1 Å². The van der Waals surface area contributed by atoms with Crippen LogP contribution in [0.15, 0.2) is 28.7 Å². The molecule has 1 aromatic rings. The molecule has 1 N–H and O–H groups in total. The second-order valence-electron chi connectivity index (χ2n) is 4.01. The molecule has 0 bridgehead atoms. The third-order valence-electron chi connectivity index (χ3n) is 2.39. The molecule has 0 saturated heterocycles. The summed E-state index contributed by atoms with van der Waals surface area (Å²) in [4.78, 5) is 23.8. The average molecular weight is 340 g/mol. The third kappa shape index (κ3) is 4.94. The number of hydrogen-bond acceptors (Lipinski definition) is 3. The zero-order valence-corrected chi connectivity index (χ0v) is 12.5. The van der Waals surface area contributed by atoms with E-state index in [-0.39, 0.29) is 6.54 Å². The summed E-state index contributed by atoms with van der Waals surface area (Å²) in [6.07, 6.45) is 4.31. The minimum atomic E-state index is -1.12. The predicted molar refractivity (Wildman–Crippen MR) is 77.3 cm³/mol. The summed E-state index contributed by atoms with van der Waals surface area (Å²) < 4.78 is 6.36. The molecule has 0 aromatic heterocycles. The van der Waals surface area contributed by atoms with E-state index in [1.54, 1.807) is 31.2 Å². The van der Waals surface area contributed by atoms with Gasteiger partial charge in [0.2, 0.25) is 0 Å². The van der Waals surface area contributed by atoms with Gasteiger partial charge in [0, 0.05) is 4.47 Å². The second-order valence-corrected chi connectivity index (χ2v) is 4.92. The molecule has 0 spiro atoms. The Labute approximate surface area is 125 Å². The van der Waals surface area contributed by atoms with E-state index in [9.17, 15) is 9.59 Å². The lowest BCUT2D eigenvalue weighted by Crippen LogP contribution is -2.43. The number of rotatable bonds is 6. The molecule has 0 fully saturated rings. The van der Waals surface area contributed by atoms with Gasteiger partial charge in [0.1, 0.15) is 12.3 Å². The first kappa shape index (κ1) is 16.1. The van der Waals surface area contributed by atoms with Crippen LogP contribution in [0.1, 0.15) is 6.92 Å². The van der Waals surface area contributed by atoms with Crippen LogP contribution in [-0.4, -0.2) is 41.1 Å². The first-order valence-electron chi connectivity index (χ1n) is 5.80. The number of halogens is 1. The first-order chi connectivity index (χ1) is 9.43. The molecule has 5 nitrogen and oxygen atoms in total. The van der Waals surface area contributed by atoms with Gasteiger partial charge in [0.05, 0.1) is 6.54 Å². The van der Waals surface area contributed by atoms with Gasteiger partial charge in [0.25, 0.3) is 5.91 Å². The number of carbonyl (C=O) groups excluding carboxylic acids is 1. The standard InChI is InChI=1S/C14H14BrNO4/c1-3-8-16(9-13(17)18)14(19)10(2)20-12-6-4-11(15)5-7-12/h1,4-7,10H,8-9H2,2H3,(H,17,18). The highest BCUT2D eigenvalue weighted by molar-refractivity contribution is 9.10. The molecule has 0 aliphatic carbocycles. The minimum Gasteiger partial charge on any atom is -0.481 e. The normalized spacial score (nSPS) is 11.2. The molecule has 20 heavy (non-hydrogen) atoms. The number of carboxylic acids is 1. The Balaban J connectivity index is 2.71. The highest BCUT2D eigenvalue weighted by atomic mass is 79.9. The quantitative estimate of drug-likeness (QED) is 0.802. The monoisotopic (exact) mass is 339 g/mol. The lowest BCUT2D eigenvalue weighted by Gasteiger charge is -2.22. The smallest absolute Gasteiger partial charge is 0.323 e. The largest absolute Gasteiger partial charge is 0.481 e. The predicted octanol–water partition coefficient (Wildman–Crippen LogP) is 1.76. The molecule has 106 valence electrons. The zero-order chi connectivity index (χ0) is 15.1. The van der Waals surface area contributed by atoms with Crippen LogP contribution in [0, 0.1) is 12.3 Å². The van der Waals surface area contributed by atoms with Gasteiger partial charge in [-0.3, -0.25) is 9.59 Å². The Kier molecular flexibility index (Phi) is 6.07. The molecule has 0 heterocycles. The van der Waals surface area contributed by atoms with E-state index < -0.39 is 24.5 Å². The fourth-order valence-corrected chi connectivity index (χ4v) is 1.77. The Hall–Kier alpha value is -2.00. The Morgan fingerprint density at radius 2 is 2.05 bits per heavy atom. The van der Waals surface area contributed by atoms with Crippen LogP contribution in [0.2, 0.25) is 0 Å². The van der Waals surface area contributed by atoms with Crippen molar-refractivity contribution in [3.63, 3.8) is 0 Å². The van der Waals surface area contributed by atoms with Crippen LogP contribution in [0.5, 0.6) is 5.75 Å². The molecule has 1 unspecified atom stereocenters. The third-order valence-corrected chi connectivity index (χ3v) is 2.92. The molecule has 1 atom stereocenters. The van der Waals surface area contributed by atoms with Crippen molar-refractivity contribution in [2.24, 2.45) is 0 Å². The van der Waals surface area contributed by atoms with Crippen molar-refractivity contribution in [2.45, 2.75) is 13.0 Å². The summed E-state index contributed by atoms with van der Waals surface area (Å²) >= 11 is 3.29. The van der Waals surface area contributed by atoms with Gasteiger partial charge in [-0.15, -0.1) is 6.42 Å². The van der Waals surface area contributed by atoms with E-state index in [4.69, 9.17) is 16.3 Å². The molecule has 1 amide bonds. The minimum absolute atomic E-state index is 0.0703. The number of nitrogens with zero attached hydrogens (tertiary/aromatic N) is 1. The maximum atomic E-state index is 12.1. The molecule has 0 radical (unpaired) electrons. The van der Waals surface area contributed by atoms with Crippen LogP contribution in [0.25, 0.3) is 0 Å². The summed E-state index contributed by atoms with van der Waals surface area (Å²) in [6.45, 7) is 1.03. The van der Waals surface area contributed by atoms with Crippen LogP contribution in [0.3, 0.4) is 0 Å². The van der Waals surface area contributed by atoms with Crippen molar-refractivity contribution >= 4 is 27.8 Å². The fraction of sp³-hybridized carbons (Fsp3) is 0.286. The van der Waals surface area contributed by atoms with Gasteiger partial charge in [-0.25, -0.2) is 0 Å². The van der Waals surface area contributed by atoms with Crippen molar-refractivity contribution in [3.05, 3.63) is 28.7 Å². The zero-order valence-electron chi connectivity index (χ0n) is 10.9. The highest BCUT2D eigenvalue weighted by Gasteiger charge is 2.23. The van der Waals surface area contributed by atoms with Crippen LogP contribution < -0.4 is 4.74 Å². The first-order valence-corrected chi connectivity index (χ1v) is 6.59. The van der Waals surface area contributed by atoms with Crippen molar-refractivity contribution < 1.29 is 19.4 Å². The van der Waals surface area contributed by atoms with E-state index in [1.807, 2.05) is 0 Å². The number of aliphatic carboxylic acids is 1.